The number of carbonyl (C=O) groups is 1. The summed E-state index contributed by atoms with van der Waals surface area (Å²) >= 11 is 0. The highest BCUT2D eigenvalue weighted by Crippen LogP contribution is 2.19. The van der Waals surface area contributed by atoms with Gasteiger partial charge < -0.3 is 10.2 Å². The second-order valence-corrected chi connectivity index (χ2v) is 8.36. The van der Waals surface area contributed by atoms with Crippen LogP contribution in [-0.2, 0) is 21.4 Å². The molecule has 3 aromatic rings. The molecule has 0 atom stereocenters. The van der Waals surface area contributed by atoms with Crippen LogP contribution in [-0.4, -0.2) is 20.9 Å². The summed E-state index contributed by atoms with van der Waals surface area (Å²) in [6.45, 7) is 2.75. The number of carbonyl (C=O) groups excluding carboxylic acids is 1. The third-order valence-corrected chi connectivity index (χ3v) is 5.35. The van der Waals surface area contributed by atoms with Crippen molar-refractivity contribution in [3.05, 3.63) is 90.0 Å². The number of nitrogens with two attached hydrogens (primary N) is 1. The van der Waals surface area contributed by atoms with Gasteiger partial charge in [0.1, 0.15) is 0 Å². The van der Waals surface area contributed by atoms with Crippen molar-refractivity contribution in [2.24, 2.45) is 5.14 Å². The molecule has 0 aliphatic rings. The number of hydrogen-bond donors (Lipinski definition) is 2. The molecule has 0 spiro atoms. The second kappa shape index (κ2) is 8.89. The summed E-state index contributed by atoms with van der Waals surface area (Å²) in [6.07, 6.45) is 0. The van der Waals surface area contributed by atoms with Crippen molar-refractivity contribution in [1.82, 2.24) is 0 Å². The third-order valence-electron chi connectivity index (χ3n) is 4.42. The van der Waals surface area contributed by atoms with Gasteiger partial charge in [-0.2, -0.15) is 0 Å². The first-order chi connectivity index (χ1) is 13.8. The Morgan fingerprint density at radius 2 is 1.55 bits per heavy atom. The Kier molecular flexibility index (Phi) is 6.31. The highest BCUT2D eigenvalue weighted by Gasteiger charge is 2.13. The third kappa shape index (κ3) is 5.91. The molecule has 0 saturated carbocycles. The zero-order chi connectivity index (χ0) is 20.9. The lowest BCUT2D eigenvalue weighted by Gasteiger charge is -2.24. The summed E-state index contributed by atoms with van der Waals surface area (Å²) in [6, 6.07) is 23.7. The van der Waals surface area contributed by atoms with Crippen molar-refractivity contribution in [2.45, 2.75) is 18.4 Å². The minimum absolute atomic E-state index is 0.000795. The molecule has 0 aliphatic heterocycles. The van der Waals surface area contributed by atoms with Crippen molar-refractivity contribution >= 4 is 27.3 Å². The van der Waals surface area contributed by atoms with Crippen LogP contribution in [0.25, 0.3) is 0 Å². The van der Waals surface area contributed by atoms with Gasteiger partial charge in [-0.3, -0.25) is 4.79 Å². The molecule has 0 fully saturated rings. The first-order valence-electron chi connectivity index (χ1n) is 9.09. The summed E-state index contributed by atoms with van der Waals surface area (Å²) in [5.41, 5.74) is 3.69. The summed E-state index contributed by atoms with van der Waals surface area (Å²) < 4.78 is 22.7. The minimum Gasteiger partial charge on any atom is -0.358 e. The number of primary sulfonamides is 1. The van der Waals surface area contributed by atoms with Crippen LogP contribution in [0.4, 0.5) is 11.4 Å². The van der Waals surface area contributed by atoms with E-state index in [4.69, 9.17) is 5.14 Å². The Morgan fingerprint density at radius 3 is 2.14 bits per heavy atom. The zero-order valence-corrected chi connectivity index (χ0v) is 16.9. The maximum Gasteiger partial charge on any atom is 0.243 e. The smallest absolute Gasteiger partial charge is 0.243 e. The van der Waals surface area contributed by atoms with Crippen LogP contribution in [0.2, 0.25) is 0 Å². The van der Waals surface area contributed by atoms with E-state index in [-0.39, 0.29) is 17.3 Å². The molecule has 0 unspecified atom stereocenters. The van der Waals surface area contributed by atoms with Crippen LogP contribution in [0.1, 0.15) is 11.1 Å². The Balaban J connectivity index is 1.74. The molecule has 0 saturated heterocycles. The van der Waals surface area contributed by atoms with E-state index in [0.717, 1.165) is 16.8 Å². The molecular formula is C22H23N3O3S. The van der Waals surface area contributed by atoms with E-state index in [1.54, 1.807) is 0 Å². The minimum atomic E-state index is -3.76. The first-order valence-corrected chi connectivity index (χ1v) is 10.6. The van der Waals surface area contributed by atoms with Gasteiger partial charge in [-0.25, -0.2) is 13.6 Å². The van der Waals surface area contributed by atoms with Gasteiger partial charge >= 0.3 is 0 Å². The number of rotatable bonds is 7. The summed E-state index contributed by atoms with van der Waals surface area (Å²) in [5, 5.41) is 7.90. The highest BCUT2D eigenvalue weighted by atomic mass is 32.2. The number of aryl methyl sites for hydroxylation is 1. The normalized spacial score (nSPS) is 11.1. The van der Waals surface area contributed by atoms with Crippen LogP contribution in [0.15, 0.2) is 83.8 Å². The molecule has 0 radical (unpaired) electrons. The van der Waals surface area contributed by atoms with Gasteiger partial charge in [0.2, 0.25) is 15.9 Å². The fourth-order valence-electron chi connectivity index (χ4n) is 2.90. The average Bonchev–Trinajstić information content (AvgIpc) is 2.68. The van der Waals surface area contributed by atoms with Gasteiger partial charge in [0, 0.05) is 17.9 Å². The standard InChI is InChI=1S/C22H23N3O3S/c1-17-7-11-20(12-8-17)25(15-18-5-3-2-4-6-18)16-22(26)24-19-9-13-21(14-10-19)29(23,27)28/h2-14H,15-16H2,1H3,(H,24,26)(H2,23,27,28). The molecule has 1 amide bonds. The highest BCUT2D eigenvalue weighted by molar-refractivity contribution is 7.89. The lowest BCUT2D eigenvalue weighted by atomic mass is 10.1. The molecular weight excluding hydrogens is 386 g/mol. The predicted molar refractivity (Wildman–Crippen MR) is 115 cm³/mol. The lowest BCUT2D eigenvalue weighted by Crippen LogP contribution is -2.33. The summed E-state index contributed by atoms with van der Waals surface area (Å²) in [5.74, 6) is -0.204. The van der Waals surface area contributed by atoms with Crippen molar-refractivity contribution in [3.8, 4) is 0 Å². The SMILES string of the molecule is Cc1ccc(N(CC(=O)Nc2ccc(S(N)(=O)=O)cc2)Cc2ccccc2)cc1. The van der Waals surface area contributed by atoms with Crippen LogP contribution in [0.3, 0.4) is 0 Å². The Hall–Kier alpha value is -3.16. The van der Waals surface area contributed by atoms with Crippen LogP contribution in [0.5, 0.6) is 0 Å². The fourth-order valence-corrected chi connectivity index (χ4v) is 3.42. The molecule has 3 N–H and O–H groups in total. The number of hydrogen-bond acceptors (Lipinski definition) is 4. The number of anilines is 2. The number of amides is 1. The second-order valence-electron chi connectivity index (χ2n) is 6.79. The summed E-state index contributed by atoms with van der Waals surface area (Å²) in [4.78, 5) is 14.6. The van der Waals surface area contributed by atoms with Gasteiger partial charge in [-0.05, 0) is 48.9 Å². The molecule has 0 heterocycles. The average molecular weight is 410 g/mol. The largest absolute Gasteiger partial charge is 0.358 e. The van der Waals surface area contributed by atoms with Crippen LogP contribution >= 0.6 is 0 Å². The number of sulfonamides is 1. The predicted octanol–water partition coefficient (Wildman–Crippen LogP) is 3.29. The number of benzene rings is 3. The quantitative estimate of drug-likeness (QED) is 0.626. The first kappa shape index (κ1) is 20.6. The molecule has 0 aliphatic carbocycles. The van der Waals surface area contributed by atoms with E-state index in [1.165, 1.54) is 24.3 Å². The summed E-state index contributed by atoms with van der Waals surface area (Å²) in [7, 11) is -3.76. The lowest BCUT2D eigenvalue weighted by molar-refractivity contribution is -0.115. The fraction of sp³-hybridized carbons (Fsp3) is 0.136. The van der Waals surface area contributed by atoms with Gasteiger partial charge in [0.05, 0.1) is 11.4 Å². The zero-order valence-electron chi connectivity index (χ0n) is 16.1. The maximum absolute atomic E-state index is 12.6. The van der Waals surface area contributed by atoms with Crippen molar-refractivity contribution < 1.29 is 13.2 Å². The van der Waals surface area contributed by atoms with E-state index >= 15 is 0 Å². The van der Waals surface area contributed by atoms with E-state index in [2.05, 4.69) is 5.32 Å². The topological polar surface area (TPSA) is 92.5 Å². The van der Waals surface area contributed by atoms with Crippen molar-refractivity contribution in [1.29, 1.82) is 0 Å². The molecule has 0 aromatic heterocycles. The molecule has 6 nitrogen and oxygen atoms in total. The van der Waals surface area contributed by atoms with Crippen molar-refractivity contribution in [2.75, 3.05) is 16.8 Å². The molecule has 7 heteroatoms. The molecule has 29 heavy (non-hydrogen) atoms. The van der Waals surface area contributed by atoms with E-state index in [1.807, 2.05) is 66.4 Å². The van der Waals surface area contributed by atoms with E-state index in [0.29, 0.717) is 12.2 Å². The van der Waals surface area contributed by atoms with Crippen LogP contribution in [0, 0.1) is 6.92 Å². The molecule has 0 bridgehead atoms. The molecule has 150 valence electrons. The number of nitrogens with one attached hydrogen (secondary N) is 1. The van der Waals surface area contributed by atoms with Gasteiger partial charge in [0.25, 0.3) is 0 Å². The van der Waals surface area contributed by atoms with E-state index < -0.39 is 10.0 Å². The Labute approximate surface area is 171 Å². The Bertz CT molecular complexity index is 1060. The van der Waals surface area contributed by atoms with Crippen molar-refractivity contribution in [3.63, 3.8) is 0 Å². The van der Waals surface area contributed by atoms with Crippen LogP contribution < -0.4 is 15.4 Å². The van der Waals surface area contributed by atoms with E-state index in [9.17, 15) is 13.2 Å². The Morgan fingerprint density at radius 1 is 0.931 bits per heavy atom. The molecule has 3 aromatic carbocycles. The monoisotopic (exact) mass is 409 g/mol. The van der Waals surface area contributed by atoms with Gasteiger partial charge in [-0.1, -0.05) is 48.0 Å². The molecule has 3 rings (SSSR count). The number of nitrogens with zero attached hydrogens (tertiary/aromatic N) is 1. The van der Waals surface area contributed by atoms with Gasteiger partial charge in [0.15, 0.2) is 0 Å². The maximum atomic E-state index is 12.6. The van der Waals surface area contributed by atoms with Gasteiger partial charge in [-0.15, -0.1) is 0 Å².